The lowest BCUT2D eigenvalue weighted by Crippen LogP contribution is -2.40. The molecule has 7 nitrogen and oxygen atoms in total. The Morgan fingerprint density at radius 1 is 1.09 bits per heavy atom. The molecule has 0 saturated heterocycles. The van der Waals surface area contributed by atoms with Crippen molar-refractivity contribution in [3.05, 3.63) is 20.8 Å². The van der Waals surface area contributed by atoms with Crippen molar-refractivity contribution in [2.45, 2.75) is 52.7 Å². The van der Waals surface area contributed by atoms with Crippen LogP contribution in [0.25, 0.3) is 11.0 Å². The summed E-state index contributed by atoms with van der Waals surface area (Å²) in [5, 5.41) is 4.65. The molecule has 122 valence electrons. The lowest BCUT2D eigenvalue weighted by molar-refractivity contribution is 0.540. The maximum Gasteiger partial charge on any atom is 0.332 e. The molecule has 2 N–H and O–H groups in total. The molecule has 0 fully saturated rings. The Morgan fingerprint density at radius 2 is 1.82 bits per heavy atom. The minimum Gasteiger partial charge on any atom is -0.383 e. The third-order valence-corrected chi connectivity index (χ3v) is 3.80. The molecule has 8 heteroatoms. The summed E-state index contributed by atoms with van der Waals surface area (Å²) in [5.74, 6) is 0.608. The van der Waals surface area contributed by atoms with Crippen LogP contribution in [-0.4, -0.2) is 24.8 Å². The van der Waals surface area contributed by atoms with Gasteiger partial charge >= 0.3 is 5.69 Å². The molecule has 2 aromatic heterocycles. The summed E-state index contributed by atoms with van der Waals surface area (Å²) < 4.78 is 4.30. The number of aromatic nitrogens is 4. The van der Waals surface area contributed by atoms with Gasteiger partial charge in [-0.2, -0.15) is 5.10 Å². The van der Waals surface area contributed by atoms with E-state index >= 15 is 0 Å². The van der Waals surface area contributed by atoms with Gasteiger partial charge < -0.3 is 5.73 Å². The van der Waals surface area contributed by atoms with E-state index in [1.165, 1.54) is 9.25 Å². The van der Waals surface area contributed by atoms with Gasteiger partial charge in [0, 0.05) is 19.0 Å². The number of alkyl halides is 1. The number of fused-ring (bicyclic) bond motifs is 1. The third-order valence-electron chi connectivity index (χ3n) is 3.63. The van der Waals surface area contributed by atoms with Gasteiger partial charge in [0.05, 0.1) is 6.54 Å². The summed E-state index contributed by atoms with van der Waals surface area (Å²) in [5.41, 5.74) is 5.73. The molecule has 2 heterocycles. The summed E-state index contributed by atoms with van der Waals surface area (Å²) in [6.07, 6.45) is 2.48. The van der Waals surface area contributed by atoms with Gasteiger partial charge in [-0.3, -0.25) is 13.9 Å². The first-order valence-corrected chi connectivity index (χ1v) is 8.15. The molecule has 0 aromatic carbocycles. The van der Waals surface area contributed by atoms with Crippen molar-refractivity contribution in [3.8, 4) is 0 Å². The monoisotopic (exact) mass is 327 g/mol. The predicted molar refractivity (Wildman–Crippen MR) is 88.6 cm³/mol. The number of nitrogens with zero attached hydrogens (tertiary/aromatic N) is 4. The van der Waals surface area contributed by atoms with Gasteiger partial charge in [0.2, 0.25) is 0 Å². The fourth-order valence-electron chi connectivity index (χ4n) is 2.50. The molecule has 0 atom stereocenters. The lowest BCUT2D eigenvalue weighted by Gasteiger charge is -2.10. The molecule has 0 spiro atoms. The fraction of sp³-hybridized carbons (Fsp3) is 0.643. The van der Waals surface area contributed by atoms with Crippen LogP contribution in [0.4, 0.5) is 5.82 Å². The fourth-order valence-corrected chi connectivity index (χ4v) is 2.66. The molecule has 0 saturated carbocycles. The molecule has 2 aromatic rings. The highest BCUT2D eigenvalue weighted by Gasteiger charge is 2.19. The molecular formula is C14H22ClN5O2. The molecule has 0 radical (unpaired) electrons. The van der Waals surface area contributed by atoms with Gasteiger partial charge in [-0.25, -0.2) is 9.48 Å². The smallest absolute Gasteiger partial charge is 0.332 e. The Labute approximate surface area is 133 Å². The van der Waals surface area contributed by atoms with Crippen LogP contribution in [0.2, 0.25) is 0 Å². The van der Waals surface area contributed by atoms with Crippen molar-refractivity contribution < 1.29 is 0 Å². The second-order valence-corrected chi connectivity index (χ2v) is 5.62. The molecule has 0 bridgehead atoms. The van der Waals surface area contributed by atoms with Crippen LogP contribution in [0.1, 0.15) is 33.1 Å². The van der Waals surface area contributed by atoms with Crippen LogP contribution in [0, 0.1) is 0 Å². The average molecular weight is 328 g/mol. The zero-order valence-corrected chi connectivity index (χ0v) is 13.8. The van der Waals surface area contributed by atoms with E-state index < -0.39 is 0 Å². The van der Waals surface area contributed by atoms with Gasteiger partial charge in [-0.15, -0.1) is 11.6 Å². The van der Waals surface area contributed by atoms with Gasteiger partial charge in [-0.05, 0) is 12.8 Å². The van der Waals surface area contributed by atoms with Crippen molar-refractivity contribution >= 4 is 28.5 Å². The first kappa shape index (κ1) is 16.6. The van der Waals surface area contributed by atoms with Crippen LogP contribution in [0.15, 0.2) is 9.59 Å². The number of hydrogen-bond donors (Lipinski definition) is 1. The summed E-state index contributed by atoms with van der Waals surface area (Å²) in [6, 6.07) is 0. The van der Waals surface area contributed by atoms with E-state index in [1.54, 1.807) is 4.57 Å². The second-order valence-electron chi connectivity index (χ2n) is 5.24. The van der Waals surface area contributed by atoms with Crippen molar-refractivity contribution in [1.82, 2.24) is 18.9 Å². The minimum absolute atomic E-state index is 0.274. The van der Waals surface area contributed by atoms with Gasteiger partial charge in [0.25, 0.3) is 5.56 Å². The first-order chi connectivity index (χ1) is 10.6. The van der Waals surface area contributed by atoms with Crippen LogP contribution < -0.4 is 17.0 Å². The third kappa shape index (κ3) is 2.77. The summed E-state index contributed by atoms with van der Waals surface area (Å²) in [4.78, 5) is 25.2. The lowest BCUT2D eigenvalue weighted by atomic mass is 10.3. The Bertz CT molecular complexity index is 774. The second kappa shape index (κ2) is 7.00. The van der Waals surface area contributed by atoms with Gasteiger partial charge in [0.1, 0.15) is 11.2 Å². The summed E-state index contributed by atoms with van der Waals surface area (Å²) >= 11 is 5.74. The normalized spacial score (nSPS) is 11.4. The summed E-state index contributed by atoms with van der Waals surface area (Å²) in [6.45, 7) is 5.27. The highest BCUT2D eigenvalue weighted by Crippen LogP contribution is 2.16. The van der Waals surface area contributed by atoms with Gasteiger partial charge in [0.15, 0.2) is 5.65 Å². The van der Waals surface area contributed by atoms with Gasteiger partial charge in [-0.1, -0.05) is 20.3 Å². The van der Waals surface area contributed by atoms with Crippen molar-refractivity contribution in [2.75, 3.05) is 11.6 Å². The first-order valence-electron chi connectivity index (χ1n) is 7.62. The van der Waals surface area contributed by atoms with E-state index in [2.05, 4.69) is 5.10 Å². The highest BCUT2D eigenvalue weighted by molar-refractivity contribution is 6.17. The molecule has 0 amide bonds. The van der Waals surface area contributed by atoms with Crippen LogP contribution in [0.5, 0.6) is 0 Å². The van der Waals surface area contributed by atoms with E-state index in [0.717, 1.165) is 12.8 Å². The van der Waals surface area contributed by atoms with E-state index in [9.17, 15) is 9.59 Å². The topological polar surface area (TPSA) is 87.8 Å². The van der Waals surface area contributed by atoms with Crippen LogP contribution in [0.3, 0.4) is 0 Å². The Morgan fingerprint density at radius 3 is 2.41 bits per heavy atom. The largest absolute Gasteiger partial charge is 0.383 e. The van der Waals surface area contributed by atoms with E-state index in [-0.39, 0.29) is 17.1 Å². The van der Waals surface area contributed by atoms with E-state index in [0.29, 0.717) is 43.0 Å². The molecule has 0 aliphatic heterocycles. The van der Waals surface area contributed by atoms with Crippen molar-refractivity contribution in [2.24, 2.45) is 0 Å². The molecule has 22 heavy (non-hydrogen) atoms. The number of anilines is 1. The number of nitrogens with two attached hydrogens (primary N) is 1. The predicted octanol–water partition coefficient (Wildman–Crippen LogP) is 1.39. The van der Waals surface area contributed by atoms with Crippen LogP contribution in [-0.2, 0) is 19.6 Å². The van der Waals surface area contributed by atoms with E-state index in [1.807, 2.05) is 13.8 Å². The standard InChI is InChI=1S/C14H22ClN5O2/c1-3-5-8-18-12-10(11(16)20(17-12)9-6-15)13(21)19(7-4-2)14(18)22/h3-9,16H2,1-2H3. The number of nitrogen functional groups attached to an aromatic ring is 1. The van der Waals surface area contributed by atoms with Crippen molar-refractivity contribution in [1.29, 1.82) is 0 Å². The zero-order chi connectivity index (χ0) is 16.3. The minimum atomic E-state index is -0.368. The number of hydrogen-bond acceptors (Lipinski definition) is 4. The van der Waals surface area contributed by atoms with Crippen LogP contribution >= 0.6 is 11.6 Å². The average Bonchev–Trinajstić information content (AvgIpc) is 2.81. The maximum absolute atomic E-state index is 12.6. The maximum atomic E-state index is 12.6. The Hall–Kier alpha value is -1.76. The molecular weight excluding hydrogens is 306 g/mol. The van der Waals surface area contributed by atoms with E-state index in [4.69, 9.17) is 17.3 Å². The number of rotatable bonds is 7. The molecule has 0 aliphatic carbocycles. The SMILES string of the molecule is CCCCn1c(=O)n(CCC)c(=O)c2c(N)n(CCCl)nc21. The zero-order valence-electron chi connectivity index (χ0n) is 13.0. The Kier molecular flexibility index (Phi) is 5.28. The van der Waals surface area contributed by atoms with Crippen molar-refractivity contribution in [3.63, 3.8) is 0 Å². The number of unbranched alkanes of at least 4 members (excludes halogenated alkanes) is 1. The molecule has 0 aliphatic rings. The molecule has 2 rings (SSSR count). The number of aryl methyl sites for hydroxylation is 2. The molecule has 0 unspecified atom stereocenters. The highest BCUT2D eigenvalue weighted by atomic mass is 35.5. The summed E-state index contributed by atoms with van der Waals surface area (Å²) in [7, 11) is 0. The quantitative estimate of drug-likeness (QED) is 0.778. The number of halogens is 1. The Balaban J connectivity index is 2.80.